The Hall–Kier alpha value is -4.29. The van der Waals surface area contributed by atoms with E-state index in [4.69, 9.17) is 4.74 Å². The maximum absolute atomic E-state index is 15.6. The summed E-state index contributed by atoms with van der Waals surface area (Å²) >= 11 is 0. The van der Waals surface area contributed by atoms with Crippen LogP contribution in [0.3, 0.4) is 0 Å². The molecule has 1 N–H and O–H groups in total. The van der Waals surface area contributed by atoms with E-state index in [-0.39, 0.29) is 29.1 Å². The lowest BCUT2D eigenvalue weighted by Gasteiger charge is -2.24. The highest BCUT2D eigenvalue weighted by Crippen LogP contribution is 2.34. The monoisotopic (exact) mass is 616 g/mol. The van der Waals surface area contributed by atoms with Crippen molar-refractivity contribution >= 4 is 0 Å². The van der Waals surface area contributed by atoms with Crippen molar-refractivity contribution in [3.63, 3.8) is 0 Å². The summed E-state index contributed by atoms with van der Waals surface area (Å²) in [4.78, 5) is 30.0. The van der Waals surface area contributed by atoms with E-state index >= 15 is 4.39 Å². The average molecular weight is 617 g/mol. The van der Waals surface area contributed by atoms with Gasteiger partial charge in [-0.2, -0.15) is 13.2 Å². The summed E-state index contributed by atoms with van der Waals surface area (Å²) in [6.45, 7) is 1.33. The van der Waals surface area contributed by atoms with Crippen molar-refractivity contribution < 1.29 is 26.7 Å². The largest absolute Gasteiger partial charge is 0.494 e. The first kappa shape index (κ1) is 32.6. The Balaban J connectivity index is 1.98. The van der Waals surface area contributed by atoms with Crippen LogP contribution in [-0.4, -0.2) is 48.3 Å². The molecule has 1 heterocycles. The molecule has 1 unspecified atom stereocenters. The van der Waals surface area contributed by atoms with Gasteiger partial charge >= 0.3 is 11.9 Å². The first-order valence-electron chi connectivity index (χ1n) is 13.8. The van der Waals surface area contributed by atoms with Crippen molar-refractivity contribution in [1.82, 2.24) is 19.4 Å². The van der Waals surface area contributed by atoms with Crippen LogP contribution in [0, 0.1) is 18.6 Å². The van der Waals surface area contributed by atoms with Crippen LogP contribution in [0.25, 0.3) is 11.1 Å². The minimum atomic E-state index is -4.92. The quantitative estimate of drug-likeness (QED) is 0.234. The third-order valence-electron chi connectivity index (χ3n) is 7.40. The number of aromatic nitrogens is 2. The highest BCUT2D eigenvalue weighted by Gasteiger charge is 2.35. The predicted octanol–water partition coefficient (Wildman–Crippen LogP) is 5.23. The number of likely N-dealkylation sites (N-methyl/N-ethyl adjacent to an activating group) is 1. The number of nitrogens with zero attached hydrogens (tertiary/aromatic N) is 3. The number of halogens is 5. The number of ether oxygens (including phenoxy) is 1. The molecule has 0 fully saturated rings. The van der Waals surface area contributed by atoms with Gasteiger partial charge in [0, 0.05) is 29.9 Å². The fourth-order valence-corrected chi connectivity index (χ4v) is 5.08. The van der Waals surface area contributed by atoms with E-state index in [9.17, 15) is 27.2 Å². The highest BCUT2D eigenvalue weighted by molar-refractivity contribution is 5.67. The molecule has 0 amide bonds. The normalized spacial score (nSPS) is 12.5. The molecular formula is C32H33F5N4O3. The van der Waals surface area contributed by atoms with Crippen LogP contribution >= 0.6 is 0 Å². The van der Waals surface area contributed by atoms with E-state index in [2.05, 4.69) is 5.32 Å². The molecular weight excluding hydrogens is 583 g/mol. The van der Waals surface area contributed by atoms with Gasteiger partial charge in [0.15, 0.2) is 11.6 Å². The van der Waals surface area contributed by atoms with Crippen molar-refractivity contribution in [3.05, 3.63) is 122 Å². The fraction of sp³-hybridized carbons (Fsp3) is 0.312. The zero-order valence-electron chi connectivity index (χ0n) is 24.7. The zero-order valence-corrected chi connectivity index (χ0v) is 24.7. The number of alkyl halides is 3. The van der Waals surface area contributed by atoms with Gasteiger partial charge in [-0.1, -0.05) is 48.5 Å². The number of nitrogens with one attached hydrogen (secondary N) is 1. The topological polar surface area (TPSA) is 68.5 Å². The van der Waals surface area contributed by atoms with Crippen LogP contribution in [0.4, 0.5) is 22.0 Å². The first-order chi connectivity index (χ1) is 20.8. The van der Waals surface area contributed by atoms with Crippen molar-refractivity contribution in [1.29, 1.82) is 0 Å². The van der Waals surface area contributed by atoms with Gasteiger partial charge in [-0.3, -0.25) is 13.9 Å². The van der Waals surface area contributed by atoms with E-state index in [1.54, 1.807) is 12.1 Å². The second-order valence-corrected chi connectivity index (χ2v) is 10.6. The van der Waals surface area contributed by atoms with Gasteiger partial charge in [0.25, 0.3) is 5.56 Å². The third kappa shape index (κ3) is 6.92. The summed E-state index contributed by atoms with van der Waals surface area (Å²) in [7, 11) is 5.01. The van der Waals surface area contributed by atoms with Crippen molar-refractivity contribution in [2.24, 2.45) is 0 Å². The smallest absolute Gasteiger partial charge is 0.416 e. The number of hydrogen-bond donors (Lipinski definition) is 1. The average Bonchev–Trinajstić information content (AvgIpc) is 2.97. The molecule has 4 rings (SSSR count). The van der Waals surface area contributed by atoms with Gasteiger partial charge in [-0.25, -0.2) is 13.6 Å². The van der Waals surface area contributed by atoms with E-state index in [1.807, 2.05) is 37.2 Å². The van der Waals surface area contributed by atoms with Crippen molar-refractivity contribution in [2.45, 2.75) is 32.2 Å². The molecule has 0 aliphatic carbocycles. The van der Waals surface area contributed by atoms with Gasteiger partial charge in [-0.15, -0.1) is 0 Å². The summed E-state index contributed by atoms with van der Waals surface area (Å²) in [5, 5.41) is 3.33. The minimum Gasteiger partial charge on any atom is -0.494 e. The molecule has 0 spiro atoms. The Bertz CT molecular complexity index is 1730. The molecule has 0 aliphatic rings. The lowest BCUT2D eigenvalue weighted by Crippen LogP contribution is -2.45. The Morgan fingerprint density at radius 1 is 0.932 bits per heavy atom. The first-order valence-corrected chi connectivity index (χ1v) is 13.8. The van der Waals surface area contributed by atoms with Gasteiger partial charge in [0.05, 0.1) is 37.4 Å². The predicted molar refractivity (Wildman–Crippen MR) is 158 cm³/mol. The lowest BCUT2D eigenvalue weighted by molar-refractivity contribution is -0.138. The van der Waals surface area contributed by atoms with Gasteiger partial charge in [0.1, 0.15) is 5.82 Å². The van der Waals surface area contributed by atoms with Crippen LogP contribution in [-0.2, 0) is 19.3 Å². The Labute approximate surface area is 251 Å². The highest BCUT2D eigenvalue weighted by atomic mass is 19.4. The van der Waals surface area contributed by atoms with Crippen LogP contribution in [0.1, 0.15) is 28.4 Å². The molecule has 3 aromatic carbocycles. The van der Waals surface area contributed by atoms with Crippen molar-refractivity contribution in [3.8, 4) is 16.9 Å². The van der Waals surface area contributed by atoms with Crippen LogP contribution in [0.2, 0.25) is 0 Å². The molecule has 4 aromatic rings. The van der Waals surface area contributed by atoms with Crippen LogP contribution in [0.15, 0.2) is 76.3 Å². The summed E-state index contributed by atoms with van der Waals surface area (Å²) in [6, 6.07) is 15.0. The molecule has 12 heteroatoms. The maximum atomic E-state index is 15.6. The number of methoxy groups -OCH3 is 1. The Morgan fingerprint density at radius 2 is 1.61 bits per heavy atom. The van der Waals surface area contributed by atoms with E-state index in [1.165, 1.54) is 32.2 Å². The molecule has 1 atom stereocenters. The summed E-state index contributed by atoms with van der Waals surface area (Å²) in [5.41, 5.74) is -3.72. The van der Waals surface area contributed by atoms with E-state index in [0.717, 1.165) is 32.9 Å². The molecule has 7 nitrogen and oxygen atoms in total. The summed E-state index contributed by atoms with van der Waals surface area (Å²) in [5.74, 6) is -2.24. The third-order valence-corrected chi connectivity index (χ3v) is 7.40. The molecule has 0 aliphatic heterocycles. The van der Waals surface area contributed by atoms with Crippen LogP contribution in [0.5, 0.6) is 5.75 Å². The van der Waals surface area contributed by atoms with E-state index < -0.39 is 52.8 Å². The Kier molecular flexibility index (Phi) is 10.1. The molecule has 0 saturated heterocycles. The number of benzene rings is 3. The van der Waals surface area contributed by atoms with E-state index in [0.29, 0.717) is 13.1 Å². The zero-order chi connectivity index (χ0) is 32.2. The second-order valence-electron chi connectivity index (χ2n) is 10.6. The molecule has 0 radical (unpaired) electrons. The Morgan fingerprint density at radius 3 is 2.25 bits per heavy atom. The molecule has 44 heavy (non-hydrogen) atoms. The second kappa shape index (κ2) is 13.6. The van der Waals surface area contributed by atoms with Gasteiger partial charge in [0.2, 0.25) is 0 Å². The number of rotatable bonds is 11. The summed E-state index contributed by atoms with van der Waals surface area (Å²) in [6.07, 6.45) is -4.92. The molecule has 0 bridgehead atoms. The number of hydrogen-bond acceptors (Lipinski definition) is 5. The standard InChI is InChI=1S/C32H33F5N4O3/c1-20-28(22-12-8-15-27(44-4)29(22)34)30(42)41(19-26(38-16-17-39(2)3)21-10-6-5-7-11-21)31(43)40(20)18-23-24(32(35,36)37)13-9-14-25(23)33/h5-15,26,38H,16-19H2,1-4H3. The van der Waals surface area contributed by atoms with Gasteiger partial charge < -0.3 is 15.0 Å². The van der Waals surface area contributed by atoms with Crippen molar-refractivity contribution in [2.75, 3.05) is 34.3 Å². The SMILES string of the molecule is COc1cccc(-c2c(C)n(Cc3c(F)cccc3C(F)(F)F)c(=O)n(CC(NCCN(C)C)c3ccccc3)c2=O)c1F. The molecule has 0 saturated carbocycles. The molecule has 234 valence electrons. The minimum absolute atomic E-state index is 0.128. The fourth-order valence-electron chi connectivity index (χ4n) is 5.08. The van der Waals surface area contributed by atoms with Gasteiger partial charge in [-0.05, 0) is 44.8 Å². The lowest BCUT2D eigenvalue weighted by atomic mass is 10.0. The molecule has 1 aromatic heterocycles. The summed E-state index contributed by atoms with van der Waals surface area (Å²) < 4.78 is 79.1. The van der Waals surface area contributed by atoms with Crippen LogP contribution < -0.4 is 21.3 Å². The maximum Gasteiger partial charge on any atom is 0.416 e.